The molecule has 0 aromatic heterocycles. The Kier molecular flexibility index (Phi) is 65.9. The number of hydrogen-bond acceptors (Lipinski definition) is 24. The predicted octanol–water partition coefficient (Wildman–Crippen LogP) is 9.86. The second-order valence-electron chi connectivity index (χ2n) is 49.3. The first kappa shape index (κ1) is 138. The van der Waals surface area contributed by atoms with Gasteiger partial charge in [0.05, 0.1) is 44.3 Å². The lowest BCUT2D eigenvalue weighted by molar-refractivity contribution is -0.139. The molecule has 2 aliphatic carbocycles. The highest BCUT2D eigenvalue weighted by Crippen LogP contribution is 2.34. The lowest BCUT2D eigenvalue weighted by Gasteiger charge is -2.40. The standard InChI is InChI=1S/C16H31N3O.C16H33N3O.C15H31N3O.C14H29N3O.C13H29N3O.C12H25N3O.C12H27N3O.C11H25N3O/c1-13(2)17-16(3,4)15(20)19-11-7-14(8-12-19)18-9-5-6-10-18;1-13(2)18-16(9-7-8-10-16)14(20)17-11-15(3,4)12-19(5)6;1-13(2)16-15(9-6-7-10-15)14(19)18(5)12-8-11-17(3)4;1-11(2)16-14(3,4)13(18)15-9-8-12-7-6-10-17(12)5;1-11(2)14-13(3,4)12(17)16(7)10-8-9-15(5)6;1-10(2)13-12(3,4)11(16)15-8-6-14(5)7-9-15;1-10(2)13-12(3,4)11(16)15(7)9-8-14(5)6;1-9(2)13-11(3,4)10(15)12-7-8-14(5)6/h13-14,17H,5-12H2,1-4H3;13,18H,7-12H2,1-6H3,(H,17,20);13,16H,6-12H2,1-5H3;11-12,16H,6-10H2,1-5H3,(H,15,18);11,14H,8-10H2,1-7H3;10,13H,6-9H2,1-5H3;10,13H,8-9H2,1-7H3;9,13H,7-8H2,1-6H3,(H,12,15). The van der Waals surface area contributed by atoms with Crippen molar-refractivity contribution in [2.75, 3.05) is 237 Å². The maximum absolute atomic E-state index is 12.7. The van der Waals surface area contributed by atoms with E-state index in [1.165, 1.54) is 45.3 Å². The quantitative estimate of drug-likeness (QED) is 0.0270. The molecule has 1 unspecified atom stereocenters. The third-order valence-electron chi connectivity index (χ3n) is 26.1. The van der Waals surface area contributed by atoms with Crippen LogP contribution in [0.2, 0.25) is 0 Å². The molecule has 4 aliphatic heterocycles. The number of hydrogen-bond donors (Lipinski definition) is 11. The van der Waals surface area contributed by atoms with E-state index in [0.29, 0.717) is 67.0 Å². The van der Waals surface area contributed by atoms with E-state index in [2.05, 4.69) is 251 Å². The van der Waals surface area contributed by atoms with Gasteiger partial charge in [-0.25, -0.2) is 0 Å². The van der Waals surface area contributed by atoms with Gasteiger partial charge in [-0.2, -0.15) is 0 Å². The number of carbonyl (C=O) groups is 8. The second kappa shape index (κ2) is 67.2. The molecule has 8 amide bonds. The van der Waals surface area contributed by atoms with Crippen molar-refractivity contribution in [1.29, 1.82) is 0 Å². The molecule has 0 radical (unpaired) electrons. The van der Waals surface area contributed by atoms with Gasteiger partial charge in [-0.1, -0.05) is 39.5 Å². The fourth-order valence-corrected chi connectivity index (χ4v) is 20.1. The Labute approximate surface area is 866 Å². The Morgan fingerprint density at radius 3 is 1.04 bits per heavy atom. The van der Waals surface area contributed by atoms with Gasteiger partial charge < -0.3 is 122 Å². The minimum atomic E-state index is -0.500. The molecule has 32 heteroatoms. The number of rotatable bonds is 46. The average Bonchev–Trinajstić information content (AvgIpc) is 1.62. The van der Waals surface area contributed by atoms with Crippen LogP contribution in [-0.2, 0) is 38.4 Å². The number of nitrogens with zero attached hydrogens (tertiary/aromatic N) is 13. The van der Waals surface area contributed by atoms with E-state index in [-0.39, 0.29) is 63.8 Å². The number of carbonyl (C=O) groups excluding carboxylic acids is 8. The molecule has 2 saturated carbocycles. The molecule has 4 heterocycles. The van der Waals surface area contributed by atoms with Crippen molar-refractivity contribution in [1.82, 2.24) is 122 Å². The van der Waals surface area contributed by atoms with Crippen LogP contribution in [0.4, 0.5) is 0 Å². The zero-order chi connectivity index (χ0) is 109. The summed E-state index contributed by atoms with van der Waals surface area (Å²) in [5, 5.41) is 36.0. The van der Waals surface area contributed by atoms with Crippen LogP contribution in [0, 0.1) is 5.41 Å². The molecular formula is C109H230N24O8. The number of likely N-dealkylation sites (N-methyl/N-ethyl adjacent to an activating group) is 6. The summed E-state index contributed by atoms with van der Waals surface area (Å²) in [5.41, 5.74) is -3.40. The van der Waals surface area contributed by atoms with Crippen molar-refractivity contribution in [3.8, 4) is 0 Å². The van der Waals surface area contributed by atoms with Gasteiger partial charge in [0.25, 0.3) is 0 Å². The SMILES string of the molecule is CC(C)NC(C)(C)C(=O)N(C)CCCN(C)C.CC(C)NC(C)(C)C(=O)N(C)CCN(C)C.CC(C)NC(C)(C)C(=O)N1CCC(N2CCCC2)CC1.CC(C)NC(C)(C)C(=O)N1CCN(C)CC1.CC(C)NC(C)(C)C(=O)NCCC1CCCN1C.CC(C)NC(C)(C)C(=O)NCCN(C)C.CC(C)NC1(C(=O)N(C)CCCN(C)C)CCCC1.CC(C)NC1(C(=O)NCC(C)(C)CN(C)C)CCCC1. The van der Waals surface area contributed by atoms with Crippen LogP contribution < -0.4 is 58.5 Å². The summed E-state index contributed by atoms with van der Waals surface area (Å²) < 4.78 is 0. The third-order valence-corrected chi connectivity index (χ3v) is 26.1. The molecule has 11 N–H and O–H groups in total. The van der Waals surface area contributed by atoms with E-state index in [0.717, 1.165) is 188 Å². The van der Waals surface area contributed by atoms with Gasteiger partial charge in [0.1, 0.15) is 0 Å². The van der Waals surface area contributed by atoms with E-state index in [1.54, 1.807) is 4.90 Å². The summed E-state index contributed by atoms with van der Waals surface area (Å²) in [6.07, 6.45) is 19.2. The lowest BCUT2D eigenvalue weighted by Crippen LogP contribution is -2.59. The van der Waals surface area contributed by atoms with Crippen LogP contribution in [0.5, 0.6) is 0 Å². The van der Waals surface area contributed by atoms with Crippen molar-refractivity contribution in [3.63, 3.8) is 0 Å². The normalized spacial score (nSPS) is 17.5. The first-order valence-electron chi connectivity index (χ1n) is 54.5. The number of piperidine rings is 1. The van der Waals surface area contributed by atoms with E-state index in [1.807, 2.05) is 180 Å². The smallest absolute Gasteiger partial charge is 0.242 e. The van der Waals surface area contributed by atoms with Gasteiger partial charge in [-0.05, 0) is 400 Å². The van der Waals surface area contributed by atoms with Crippen molar-refractivity contribution in [2.45, 2.75) is 422 Å². The molecule has 4 saturated heterocycles. The molecule has 0 spiro atoms. The Morgan fingerprint density at radius 1 is 0.333 bits per heavy atom. The highest BCUT2D eigenvalue weighted by Gasteiger charge is 2.45. The van der Waals surface area contributed by atoms with E-state index in [9.17, 15) is 38.4 Å². The van der Waals surface area contributed by atoms with Crippen molar-refractivity contribution >= 4 is 47.3 Å². The number of likely N-dealkylation sites (tertiary alicyclic amines) is 3. The first-order chi connectivity index (χ1) is 64.7. The minimum Gasteiger partial charge on any atom is -0.354 e. The third kappa shape index (κ3) is 58.6. The molecule has 32 nitrogen and oxygen atoms in total. The van der Waals surface area contributed by atoms with Crippen LogP contribution in [0.1, 0.15) is 317 Å². The van der Waals surface area contributed by atoms with Crippen LogP contribution in [0.25, 0.3) is 0 Å². The molecule has 834 valence electrons. The van der Waals surface area contributed by atoms with Crippen LogP contribution in [-0.4, -0.2) is 452 Å². The second-order valence-corrected chi connectivity index (χ2v) is 49.3. The molecule has 0 aromatic carbocycles. The highest BCUT2D eigenvalue weighted by atomic mass is 16.2. The highest BCUT2D eigenvalue weighted by molar-refractivity contribution is 5.89. The van der Waals surface area contributed by atoms with E-state index >= 15 is 0 Å². The summed E-state index contributed by atoms with van der Waals surface area (Å²) in [6.45, 7) is 79.5. The molecule has 6 fully saturated rings. The van der Waals surface area contributed by atoms with Gasteiger partial charge >= 0.3 is 0 Å². The number of piperazine rings is 1. The van der Waals surface area contributed by atoms with Gasteiger partial charge in [-0.15, -0.1) is 0 Å². The van der Waals surface area contributed by atoms with Crippen LogP contribution in [0.3, 0.4) is 0 Å². The largest absolute Gasteiger partial charge is 0.354 e. The summed E-state index contributed by atoms with van der Waals surface area (Å²) in [5.74, 6) is 1.40. The van der Waals surface area contributed by atoms with Gasteiger partial charge in [-0.3, -0.25) is 38.4 Å². The zero-order valence-corrected chi connectivity index (χ0v) is 100. The monoisotopic (exact) mass is 2000 g/mol. The fourth-order valence-electron chi connectivity index (χ4n) is 20.1. The van der Waals surface area contributed by atoms with E-state index < -0.39 is 33.2 Å². The summed E-state index contributed by atoms with van der Waals surface area (Å²) in [4.78, 5) is 126. The van der Waals surface area contributed by atoms with Crippen LogP contribution >= 0.6 is 0 Å². The summed E-state index contributed by atoms with van der Waals surface area (Å²) >= 11 is 0. The molecule has 1 atom stereocenters. The fraction of sp³-hybridized carbons (Fsp3) is 0.927. The molecule has 6 rings (SSSR count). The molecule has 141 heavy (non-hydrogen) atoms. The maximum Gasteiger partial charge on any atom is 0.242 e. The predicted molar refractivity (Wildman–Crippen MR) is 596 cm³/mol. The number of nitrogens with one attached hydrogen (secondary N) is 11. The Hall–Kier alpha value is -4.88. The Balaban J connectivity index is 0. The van der Waals surface area contributed by atoms with Crippen LogP contribution in [0.15, 0.2) is 0 Å². The summed E-state index contributed by atoms with van der Waals surface area (Å²) in [7, 11) is 30.3. The average molecular weight is 2010 g/mol. The van der Waals surface area contributed by atoms with E-state index in [4.69, 9.17) is 0 Å². The van der Waals surface area contributed by atoms with Crippen molar-refractivity contribution in [3.05, 3.63) is 0 Å². The molecule has 0 bridgehead atoms. The minimum absolute atomic E-state index is 0.0538. The lowest BCUT2D eigenvalue weighted by atomic mass is 9.91. The maximum atomic E-state index is 12.7. The van der Waals surface area contributed by atoms with Crippen molar-refractivity contribution < 1.29 is 38.4 Å². The van der Waals surface area contributed by atoms with Crippen molar-refractivity contribution in [2.24, 2.45) is 5.41 Å². The Morgan fingerprint density at radius 2 is 0.681 bits per heavy atom. The molecular weight excluding hydrogens is 1770 g/mol. The summed E-state index contributed by atoms with van der Waals surface area (Å²) in [6, 6.07) is 3.94. The first-order valence-corrected chi connectivity index (χ1v) is 54.5. The van der Waals surface area contributed by atoms with Gasteiger partial charge in [0.2, 0.25) is 47.3 Å². The number of amides is 8. The molecule has 6 aliphatic rings. The zero-order valence-electron chi connectivity index (χ0n) is 100. The van der Waals surface area contributed by atoms with Gasteiger partial charge in [0, 0.05) is 180 Å². The van der Waals surface area contributed by atoms with Gasteiger partial charge in [0.15, 0.2) is 0 Å². The Bertz CT molecular complexity index is 3420. The molecule has 0 aromatic rings. The topological polar surface area (TPSA) is 311 Å².